The molecule has 106 valence electrons. The Kier molecular flexibility index (Phi) is 3.50. The first kappa shape index (κ1) is 13.2. The molecule has 0 saturated carbocycles. The SMILES string of the molecule is Cc1nnc(CN2C[C@@H](O)C[C@@H]2c2ccc(F)cc2)o1. The zero-order chi connectivity index (χ0) is 14.1. The van der Waals surface area contributed by atoms with Gasteiger partial charge < -0.3 is 9.52 Å². The molecule has 0 unspecified atom stereocenters. The van der Waals surface area contributed by atoms with Crippen LogP contribution < -0.4 is 0 Å². The van der Waals surface area contributed by atoms with E-state index in [1.165, 1.54) is 12.1 Å². The van der Waals surface area contributed by atoms with E-state index in [0.717, 1.165) is 5.56 Å². The Bertz CT molecular complexity index is 584. The second-order valence-corrected chi connectivity index (χ2v) is 5.10. The number of nitrogens with zero attached hydrogens (tertiary/aromatic N) is 3. The fraction of sp³-hybridized carbons (Fsp3) is 0.429. The molecule has 6 heteroatoms. The number of hydrogen-bond acceptors (Lipinski definition) is 5. The molecule has 1 saturated heterocycles. The van der Waals surface area contributed by atoms with Crippen LogP contribution in [0.5, 0.6) is 0 Å². The second kappa shape index (κ2) is 5.30. The van der Waals surface area contributed by atoms with E-state index in [9.17, 15) is 9.50 Å². The van der Waals surface area contributed by atoms with Gasteiger partial charge in [0, 0.05) is 19.5 Å². The van der Waals surface area contributed by atoms with E-state index in [1.54, 1.807) is 19.1 Å². The van der Waals surface area contributed by atoms with Crippen molar-refractivity contribution < 1.29 is 13.9 Å². The molecular formula is C14H16FN3O2. The zero-order valence-corrected chi connectivity index (χ0v) is 11.2. The van der Waals surface area contributed by atoms with E-state index in [-0.39, 0.29) is 11.9 Å². The smallest absolute Gasteiger partial charge is 0.230 e. The van der Waals surface area contributed by atoms with Gasteiger partial charge in [-0.05, 0) is 24.1 Å². The summed E-state index contributed by atoms with van der Waals surface area (Å²) in [6.07, 6.45) is 0.229. The average molecular weight is 277 g/mol. The predicted octanol–water partition coefficient (Wildman–Crippen LogP) is 1.83. The third-order valence-corrected chi connectivity index (χ3v) is 3.54. The van der Waals surface area contributed by atoms with Crippen molar-refractivity contribution in [3.63, 3.8) is 0 Å². The van der Waals surface area contributed by atoms with Crippen molar-refractivity contribution in [1.82, 2.24) is 15.1 Å². The van der Waals surface area contributed by atoms with E-state index < -0.39 is 6.10 Å². The summed E-state index contributed by atoms with van der Waals surface area (Å²) in [5.74, 6) is 0.799. The molecule has 1 aliphatic rings. The van der Waals surface area contributed by atoms with Crippen LogP contribution in [-0.2, 0) is 6.54 Å². The predicted molar refractivity (Wildman–Crippen MR) is 69.2 cm³/mol. The normalized spacial score (nSPS) is 23.4. The molecule has 2 aromatic rings. The van der Waals surface area contributed by atoms with Gasteiger partial charge in [-0.15, -0.1) is 10.2 Å². The maximum atomic E-state index is 13.0. The molecule has 2 atom stereocenters. The molecule has 2 heterocycles. The standard InChI is InChI=1S/C14H16FN3O2/c1-9-16-17-14(20-9)8-18-7-12(19)6-13(18)10-2-4-11(15)5-3-10/h2-5,12-13,19H,6-8H2,1H3/t12-,13+/m0/s1. The Balaban J connectivity index is 1.79. The van der Waals surface area contributed by atoms with Gasteiger partial charge in [0.05, 0.1) is 12.6 Å². The lowest BCUT2D eigenvalue weighted by Gasteiger charge is -2.22. The number of rotatable bonds is 3. The molecule has 1 fully saturated rings. The first-order valence-corrected chi connectivity index (χ1v) is 6.58. The van der Waals surface area contributed by atoms with Crippen LogP contribution in [0.3, 0.4) is 0 Å². The van der Waals surface area contributed by atoms with Gasteiger partial charge >= 0.3 is 0 Å². The Morgan fingerprint density at radius 3 is 2.75 bits per heavy atom. The van der Waals surface area contributed by atoms with E-state index >= 15 is 0 Å². The molecular weight excluding hydrogens is 261 g/mol. The summed E-state index contributed by atoms with van der Waals surface area (Å²) in [5, 5.41) is 17.7. The summed E-state index contributed by atoms with van der Waals surface area (Å²) in [6.45, 7) is 2.77. The number of aliphatic hydroxyl groups is 1. The van der Waals surface area contributed by atoms with Crippen LogP contribution in [0.2, 0.25) is 0 Å². The van der Waals surface area contributed by atoms with Gasteiger partial charge in [-0.1, -0.05) is 12.1 Å². The third-order valence-electron chi connectivity index (χ3n) is 3.54. The van der Waals surface area contributed by atoms with Gasteiger partial charge in [0.15, 0.2) is 0 Å². The summed E-state index contributed by atoms with van der Waals surface area (Å²) >= 11 is 0. The fourth-order valence-electron chi connectivity index (χ4n) is 2.66. The van der Waals surface area contributed by atoms with Gasteiger partial charge in [0.2, 0.25) is 11.8 Å². The van der Waals surface area contributed by atoms with Crippen molar-refractivity contribution >= 4 is 0 Å². The highest BCUT2D eigenvalue weighted by Gasteiger charge is 2.32. The Morgan fingerprint density at radius 2 is 2.10 bits per heavy atom. The number of β-amino-alcohol motifs (C(OH)–C–C–N with tert-alkyl or cyclic N) is 1. The topological polar surface area (TPSA) is 62.4 Å². The lowest BCUT2D eigenvalue weighted by Crippen LogP contribution is -2.24. The first-order chi connectivity index (χ1) is 9.61. The Morgan fingerprint density at radius 1 is 1.35 bits per heavy atom. The highest BCUT2D eigenvalue weighted by atomic mass is 19.1. The number of likely N-dealkylation sites (tertiary alicyclic amines) is 1. The van der Waals surface area contributed by atoms with Crippen LogP contribution in [-0.4, -0.2) is 32.9 Å². The summed E-state index contributed by atoms with van der Waals surface area (Å²) in [4.78, 5) is 2.07. The van der Waals surface area contributed by atoms with Crippen LogP contribution in [0.4, 0.5) is 4.39 Å². The van der Waals surface area contributed by atoms with Crippen molar-refractivity contribution in [3.05, 3.63) is 47.4 Å². The zero-order valence-electron chi connectivity index (χ0n) is 11.2. The molecule has 1 aromatic heterocycles. The van der Waals surface area contributed by atoms with Crippen molar-refractivity contribution in [2.45, 2.75) is 32.0 Å². The number of aromatic nitrogens is 2. The average Bonchev–Trinajstić information content (AvgIpc) is 2.97. The molecule has 0 aliphatic carbocycles. The summed E-state index contributed by atoms with van der Waals surface area (Å²) in [5.41, 5.74) is 0.985. The highest BCUT2D eigenvalue weighted by molar-refractivity contribution is 5.21. The van der Waals surface area contributed by atoms with Crippen molar-refractivity contribution in [2.24, 2.45) is 0 Å². The largest absolute Gasteiger partial charge is 0.424 e. The molecule has 0 radical (unpaired) electrons. The minimum Gasteiger partial charge on any atom is -0.424 e. The molecule has 1 N–H and O–H groups in total. The molecule has 20 heavy (non-hydrogen) atoms. The van der Waals surface area contributed by atoms with Crippen LogP contribution in [0.25, 0.3) is 0 Å². The number of aliphatic hydroxyl groups excluding tert-OH is 1. The fourth-order valence-corrected chi connectivity index (χ4v) is 2.66. The van der Waals surface area contributed by atoms with Gasteiger partial charge in [0.25, 0.3) is 0 Å². The van der Waals surface area contributed by atoms with E-state index in [4.69, 9.17) is 4.42 Å². The summed E-state index contributed by atoms with van der Waals surface area (Å²) in [6, 6.07) is 6.43. The van der Waals surface area contributed by atoms with Crippen LogP contribution in [0, 0.1) is 12.7 Å². The molecule has 5 nitrogen and oxygen atoms in total. The molecule has 0 amide bonds. The van der Waals surface area contributed by atoms with E-state index in [2.05, 4.69) is 15.1 Å². The van der Waals surface area contributed by atoms with Crippen LogP contribution >= 0.6 is 0 Å². The van der Waals surface area contributed by atoms with Gasteiger partial charge in [-0.2, -0.15) is 0 Å². The first-order valence-electron chi connectivity index (χ1n) is 6.58. The van der Waals surface area contributed by atoms with E-state index in [1.807, 2.05) is 0 Å². The molecule has 0 bridgehead atoms. The minimum absolute atomic E-state index is 0.0396. The Hall–Kier alpha value is -1.79. The second-order valence-electron chi connectivity index (χ2n) is 5.10. The summed E-state index contributed by atoms with van der Waals surface area (Å²) < 4.78 is 18.4. The molecule has 1 aromatic carbocycles. The van der Waals surface area contributed by atoms with Crippen molar-refractivity contribution in [3.8, 4) is 0 Å². The lowest BCUT2D eigenvalue weighted by molar-refractivity contribution is 0.167. The maximum Gasteiger partial charge on any atom is 0.230 e. The Labute approximate surface area is 116 Å². The minimum atomic E-state index is -0.394. The third kappa shape index (κ3) is 2.71. The number of halogens is 1. The molecule has 0 spiro atoms. The van der Waals surface area contributed by atoms with Crippen LogP contribution in [0.1, 0.15) is 29.8 Å². The lowest BCUT2D eigenvalue weighted by atomic mass is 10.0. The summed E-state index contributed by atoms with van der Waals surface area (Å²) in [7, 11) is 0. The van der Waals surface area contributed by atoms with Crippen molar-refractivity contribution in [1.29, 1.82) is 0 Å². The quantitative estimate of drug-likeness (QED) is 0.927. The van der Waals surface area contributed by atoms with Crippen molar-refractivity contribution in [2.75, 3.05) is 6.54 Å². The highest BCUT2D eigenvalue weighted by Crippen LogP contribution is 2.33. The van der Waals surface area contributed by atoms with Gasteiger partial charge in [-0.25, -0.2) is 4.39 Å². The molecule has 1 aliphatic heterocycles. The number of aryl methyl sites for hydroxylation is 1. The number of hydrogen-bond donors (Lipinski definition) is 1. The van der Waals surface area contributed by atoms with Gasteiger partial charge in [0.1, 0.15) is 5.82 Å². The van der Waals surface area contributed by atoms with Crippen LogP contribution in [0.15, 0.2) is 28.7 Å². The van der Waals surface area contributed by atoms with E-state index in [0.29, 0.717) is 31.3 Å². The van der Waals surface area contributed by atoms with Gasteiger partial charge in [-0.3, -0.25) is 4.90 Å². The number of benzene rings is 1. The molecule has 3 rings (SSSR count). The monoisotopic (exact) mass is 277 g/mol. The maximum absolute atomic E-state index is 13.0.